The minimum atomic E-state index is -1.96. The molecule has 2 aromatic rings. The monoisotopic (exact) mass is 410 g/mol. The molecule has 1 aliphatic rings. The quantitative estimate of drug-likeness (QED) is 0.442. The summed E-state index contributed by atoms with van der Waals surface area (Å²) in [4.78, 5) is 14.1. The maximum atomic E-state index is 9.66. The van der Waals surface area contributed by atoms with Crippen molar-refractivity contribution in [1.29, 1.82) is 0 Å². The molecule has 1 aliphatic heterocycles. The van der Waals surface area contributed by atoms with Gasteiger partial charge in [-0.25, -0.2) is 0 Å². The predicted molar refractivity (Wildman–Crippen MR) is 95.3 cm³/mol. The van der Waals surface area contributed by atoms with Crippen molar-refractivity contribution in [2.45, 2.75) is 13.0 Å². The number of hydrogen-bond acceptors (Lipinski definition) is 3. The molecule has 0 saturated heterocycles. The Balaban J connectivity index is 1.99. The number of halogens is 1. The molecule has 4 nitrogen and oxygen atoms in total. The van der Waals surface area contributed by atoms with Crippen LogP contribution >= 0.6 is 20.2 Å². The zero-order chi connectivity index (χ0) is 15.5. The molecule has 1 heterocycles. The molecule has 1 N–H and O–H groups in total. The molecule has 0 aliphatic carbocycles. The van der Waals surface area contributed by atoms with Gasteiger partial charge < -0.3 is 0 Å². The van der Waals surface area contributed by atoms with Crippen molar-refractivity contribution in [2.75, 3.05) is 7.11 Å². The average Bonchev–Trinajstić information content (AvgIpc) is 2.93. The van der Waals surface area contributed by atoms with Gasteiger partial charge in [-0.1, -0.05) is 0 Å². The van der Waals surface area contributed by atoms with E-state index in [4.69, 9.17) is 7.80 Å². The standard InChI is InChI=1S/C17H16INO3/c1-12(17(20)21-2)19-16-14-10-6-7-11-15(14)18(22-16)13-8-4-3-5-9-13/h3-12H,1-2H3/p+1/t12-/m0/s1. The molecule has 0 radical (unpaired) electrons. The van der Waals surface area contributed by atoms with Gasteiger partial charge in [-0.3, -0.25) is 0 Å². The first kappa shape index (κ1) is 15.0. The van der Waals surface area contributed by atoms with Crippen molar-refractivity contribution in [1.82, 2.24) is 0 Å². The van der Waals surface area contributed by atoms with Crippen molar-refractivity contribution in [2.24, 2.45) is 4.99 Å². The van der Waals surface area contributed by atoms with Gasteiger partial charge in [-0.15, -0.1) is 0 Å². The number of aliphatic imine (C=N–C) groups is 1. The molecule has 0 bridgehead atoms. The van der Waals surface area contributed by atoms with Crippen LogP contribution < -0.4 is 0 Å². The first-order valence-corrected chi connectivity index (χ1v) is 9.95. The van der Waals surface area contributed by atoms with Crippen LogP contribution in [0.3, 0.4) is 0 Å². The molecule has 0 fully saturated rings. The van der Waals surface area contributed by atoms with E-state index < -0.39 is 26.3 Å². The Morgan fingerprint density at radius 2 is 1.82 bits per heavy atom. The van der Waals surface area contributed by atoms with E-state index in [9.17, 15) is 4.79 Å². The van der Waals surface area contributed by atoms with Gasteiger partial charge >= 0.3 is 137 Å². The summed E-state index contributed by atoms with van der Waals surface area (Å²) in [5, 5.41) is 0. The molecule has 0 saturated carbocycles. The summed E-state index contributed by atoms with van der Waals surface area (Å²) < 4.78 is 13.5. The fourth-order valence-corrected chi connectivity index (χ4v) is 6.59. The number of methoxy groups -OCH3 is 1. The first-order valence-electron chi connectivity index (χ1n) is 6.91. The molecule has 0 spiro atoms. The SMILES string of the molecule is COC(=[OH+])[C@H](C)N=C1OI(c2ccccc2)c2ccccc21. The van der Waals surface area contributed by atoms with Gasteiger partial charge in [-0.2, -0.15) is 0 Å². The Kier molecular flexibility index (Phi) is 4.42. The maximum absolute atomic E-state index is 9.66. The molecule has 0 amide bonds. The zero-order valence-corrected chi connectivity index (χ0v) is 14.5. The Morgan fingerprint density at radius 1 is 1.14 bits per heavy atom. The van der Waals surface area contributed by atoms with Crippen molar-refractivity contribution >= 4 is 32.1 Å². The summed E-state index contributed by atoms with van der Waals surface area (Å²) in [6.07, 6.45) is 0. The Labute approximate surface area is 137 Å². The van der Waals surface area contributed by atoms with Crippen molar-refractivity contribution in [3.05, 3.63) is 67.3 Å². The average molecular weight is 410 g/mol. The molecule has 5 heteroatoms. The van der Waals surface area contributed by atoms with Gasteiger partial charge in [0, 0.05) is 0 Å². The summed E-state index contributed by atoms with van der Waals surface area (Å²) in [6.45, 7) is 1.77. The summed E-state index contributed by atoms with van der Waals surface area (Å²) in [6, 6.07) is 17.9. The summed E-state index contributed by atoms with van der Waals surface area (Å²) in [5.74, 6) is 0.487. The molecule has 114 valence electrons. The predicted octanol–water partition coefficient (Wildman–Crippen LogP) is 3.46. The summed E-state index contributed by atoms with van der Waals surface area (Å²) >= 11 is -1.96. The number of carbonyl (C=O) groups excluding carboxylic acids is 1. The van der Waals surface area contributed by atoms with Crippen LogP contribution in [0.1, 0.15) is 12.5 Å². The van der Waals surface area contributed by atoms with Crippen LogP contribution in [-0.2, 0) is 7.80 Å². The minimum absolute atomic E-state index is 0.111. The second-order valence-electron chi connectivity index (χ2n) is 4.75. The van der Waals surface area contributed by atoms with E-state index in [2.05, 4.69) is 23.2 Å². The van der Waals surface area contributed by atoms with Crippen LogP contribution in [0.4, 0.5) is 0 Å². The molecule has 3 rings (SSSR count). The van der Waals surface area contributed by atoms with E-state index in [1.807, 2.05) is 36.4 Å². The Morgan fingerprint density at radius 3 is 2.55 bits per heavy atom. The molecule has 1 atom stereocenters. The van der Waals surface area contributed by atoms with Crippen LogP contribution in [-0.4, -0.2) is 29.8 Å². The van der Waals surface area contributed by atoms with Gasteiger partial charge in [-0.05, 0) is 0 Å². The van der Waals surface area contributed by atoms with E-state index in [1.54, 1.807) is 6.92 Å². The van der Waals surface area contributed by atoms with Gasteiger partial charge in [0.15, 0.2) is 0 Å². The van der Waals surface area contributed by atoms with E-state index in [1.165, 1.54) is 14.3 Å². The van der Waals surface area contributed by atoms with Gasteiger partial charge in [0.05, 0.1) is 0 Å². The molecule has 0 aromatic heterocycles. The van der Waals surface area contributed by atoms with Crippen LogP contribution in [0.25, 0.3) is 0 Å². The Hall–Kier alpha value is -1.89. The summed E-state index contributed by atoms with van der Waals surface area (Å²) in [5.41, 5.74) is 1.02. The van der Waals surface area contributed by atoms with Crippen molar-refractivity contribution in [3.63, 3.8) is 0 Å². The number of nitrogens with zero attached hydrogens (tertiary/aromatic N) is 1. The van der Waals surface area contributed by atoms with E-state index >= 15 is 0 Å². The Bertz CT molecular complexity index is 715. The topological polar surface area (TPSA) is 52.2 Å². The van der Waals surface area contributed by atoms with Crippen LogP contribution in [0.2, 0.25) is 0 Å². The third-order valence-electron chi connectivity index (χ3n) is 3.25. The second-order valence-corrected chi connectivity index (χ2v) is 9.02. The zero-order valence-electron chi connectivity index (χ0n) is 12.4. The molecule has 22 heavy (non-hydrogen) atoms. The van der Waals surface area contributed by atoms with Crippen LogP contribution in [0.5, 0.6) is 0 Å². The van der Waals surface area contributed by atoms with E-state index in [0.717, 1.165) is 5.56 Å². The third kappa shape index (κ3) is 2.85. The van der Waals surface area contributed by atoms with Gasteiger partial charge in [0.1, 0.15) is 0 Å². The fourth-order valence-electron chi connectivity index (χ4n) is 2.12. The van der Waals surface area contributed by atoms with E-state index in [-0.39, 0.29) is 5.97 Å². The second kappa shape index (κ2) is 6.48. The van der Waals surface area contributed by atoms with Crippen molar-refractivity contribution < 1.29 is 12.6 Å². The number of hydrogen-bond donors (Lipinski definition) is 0. The van der Waals surface area contributed by atoms with Crippen LogP contribution in [0, 0.1) is 7.14 Å². The number of fused-ring (bicyclic) bond motifs is 1. The molecule has 2 aromatic carbocycles. The van der Waals surface area contributed by atoms with Gasteiger partial charge in [0.2, 0.25) is 0 Å². The first-order chi connectivity index (χ1) is 10.7. The summed E-state index contributed by atoms with van der Waals surface area (Å²) in [7, 11) is 1.43. The number of ether oxygens (including phenoxy) is 1. The molecular formula is C17H17INO3+. The number of esters is 1. The molecular weight excluding hydrogens is 393 g/mol. The fraction of sp³-hybridized carbons (Fsp3) is 0.176. The third-order valence-corrected chi connectivity index (χ3v) is 7.95. The van der Waals surface area contributed by atoms with E-state index in [0.29, 0.717) is 5.90 Å². The number of benzene rings is 2. The van der Waals surface area contributed by atoms with Gasteiger partial charge in [0.25, 0.3) is 0 Å². The number of rotatable bonds is 3. The van der Waals surface area contributed by atoms with Crippen molar-refractivity contribution in [3.8, 4) is 0 Å². The molecule has 0 unspecified atom stereocenters. The van der Waals surface area contributed by atoms with Crippen LogP contribution in [0.15, 0.2) is 59.6 Å². The normalized spacial score (nSPS) is 17.7.